The first-order valence-electron chi connectivity index (χ1n) is 14.2. The molecule has 3 rings (SSSR count). The lowest BCUT2D eigenvalue weighted by Crippen LogP contribution is -2.18. The smallest absolute Gasteiger partial charge is 0.434 e. The van der Waals surface area contributed by atoms with Crippen LogP contribution in [0.15, 0.2) is 42.5 Å². The van der Waals surface area contributed by atoms with Crippen LogP contribution in [0.4, 0.5) is 9.59 Å². The first-order valence-corrected chi connectivity index (χ1v) is 14.6. The van der Waals surface area contributed by atoms with Crippen molar-refractivity contribution in [2.75, 3.05) is 13.2 Å². The highest BCUT2D eigenvalue weighted by Gasteiger charge is 2.22. The molecule has 212 valence electrons. The number of hydrogen-bond acceptors (Lipinski definition) is 6. The number of carbonyl (C=O) groups is 2. The van der Waals surface area contributed by atoms with E-state index in [1.807, 2.05) is 24.3 Å². The predicted molar refractivity (Wildman–Crippen MR) is 157 cm³/mol. The molecule has 2 atom stereocenters. The first-order chi connectivity index (χ1) is 18.9. The normalized spacial score (nSPS) is 12.7. The van der Waals surface area contributed by atoms with E-state index < -0.39 is 12.3 Å². The minimum atomic E-state index is -0.776. The largest absolute Gasteiger partial charge is 0.513 e. The van der Waals surface area contributed by atoms with Crippen LogP contribution < -0.4 is 9.47 Å². The molecular formula is C32H41ClO6. The molecule has 0 spiro atoms. The Labute approximate surface area is 236 Å². The van der Waals surface area contributed by atoms with Crippen molar-refractivity contribution >= 4 is 45.5 Å². The molecule has 0 aliphatic heterocycles. The van der Waals surface area contributed by atoms with Gasteiger partial charge in [0.1, 0.15) is 5.75 Å². The van der Waals surface area contributed by atoms with Crippen LogP contribution in [0.1, 0.15) is 79.1 Å². The maximum Gasteiger partial charge on any atom is 0.513 e. The van der Waals surface area contributed by atoms with E-state index in [1.165, 1.54) is 0 Å². The lowest BCUT2D eigenvalue weighted by atomic mass is 10.0. The van der Waals surface area contributed by atoms with Gasteiger partial charge >= 0.3 is 12.3 Å². The quantitative estimate of drug-likeness (QED) is 0.112. The van der Waals surface area contributed by atoms with E-state index in [-0.39, 0.29) is 5.92 Å². The molecule has 3 aromatic rings. The molecule has 2 unspecified atom stereocenters. The van der Waals surface area contributed by atoms with Gasteiger partial charge in [0.05, 0.1) is 13.2 Å². The van der Waals surface area contributed by atoms with E-state index in [9.17, 15) is 9.59 Å². The summed E-state index contributed by atoms with van der Waals surface area (Å²) < 4.78 is 22.6. The summed E-state index contributed by atoms with van der Waals surface area (Å²) in [6, 6.07) is 12.4. The number of halogens is 1. The molecule has 0 saturated heterocycles. The molecule has 0 heterocycles. The summed E-state index contributed by atoms with van der Waals surface area (Å²) in [5, 5.41) is 2.77. The average molecular weight is 557 g/mol. The van der Waals surface area contributed by atoms with Crippen molar-refractivity contribution in [3.63, 3.8) is 0 Å². The van der Waals surface area contributed by atoms with E-state index in [1.54, 1.807) is 18.2 Å². The highest BCUT2D eigenvalue weighted by Crippen LogP contribution is 2.44. The fourth-order valence-corrected chi connectivity index (χ4v) is 4.86. The molecule has 0 aliphatic carbocycles. The fraction of sp³-hybridized carbons (Fsp3) is 0.500. The zero-order valence-corrected chi connectivity index (χ0v) is 24.4. The molecule has 0 saturated carbocycles. The Morgan fingerprint density at radius 2 is 1.15 bits per heavy atom. The Morgan fingerprint density at radius 1 is 0.692 bits per heavy atom. The Kier molecular flexibility index (Phi) is 12.2. The predicted octanol–water partition coefficient (Wildman–Crippen LogP) is 10.1. The molecule has 7 heteroatoms. The van der Waals surface area contributed by atoms with Crippen molar-refractivity contribution in [1.29, 1.82) is 0 Å². The van der Waals surface area contributed by atoms with Gasteiger partial charge in [-0.1, -0.05) is 102 Å². The minimum Gasteiger partial charge on any atom is -0.434 e. The van der Waals surface area contributed by atoms with Gasteiger partial charge in [0.2, 0.25) is 0 Å². The Balaban J connectivity index is 1.89. The Hall–Kier alpha value is -2.99. The van der Waals surface area contributed by atoms with Gasteiger partial charge in [-0.25, -0.2) is 9.59 Å². The second-order valence-corrected chi connectivity index (χ2v) is 10.5. The molecule has 6 nitrogen and oxygen atoms in total. The van der Waals surface area contributed by atoms with Gasteiger partial charge < -0.3 is 18.9 Å². The fourth-order valence-electron chi connectivity index (χ4n) is 4.69. The van der Waals surface area contributed by atoms with Crippen molar-refractivity contribution in [2.24, 2.45) is 11.8 Å². The summed E-state index contributed by atoms with van der Waals surface area (Å²) in [4.78, 5) is 25.6. The van der Waals surface area contributed by atoms with Crippen LogP contribution in [-0.4, -0.2) is 25.5 Å². The van der Waals surface area contributed by atoms with Crippen LogP contribution in [0.3, 0.4) is 0 Å². The Morgan fingerprint density at radius 3 is 1.62 bits per heavy atom. The summed E-state index contributed by atoms with van der Waals surface area (Å²) in [5.74, 6) is 1.22. The van der Waals surface area contributed by atoms with Crippen LogP contribution >= 0.6 is 11.6 Å². The van der Waals surface area contributed by atoms with Crippen molar-refractivity contribution in [3.8, 4) is 11.5 Å². The molecular weight excluding hydrogens is 516 g/mol. The number of hydrogen-bond donors (Lipinski definition) is 0. The maximum atomic E-state index is 12.8. The zero-order valence-electron chi connectivity index (χ0n) is 23.6. The van der Waals surface area contributed by atoms with Gasteiger partial charge in [-0.3, -0.25) is 0 Å². The minimum absolute atomic E-state index is 0.288. The standard InChI is InChI=1S/C32H41ClO6/c1-5-9-13-22(7-3)20-36-31(34)38-29-25-15-11-12-16-26(25)30(28-19-24(33)17-18-27(28)29)39-32(35)37-21-23(8-4)14-10-6-2/h11-12,15-19,22-23H,5-10,13-14,20-21H2,1-4H3. The third-order valence-corrected chi connectivity index (χ3v) is 7.45. The second kappa shape index (κ2) is 15.6. The summed E-state index contributed by atoms with van der Waals surface area (Å²) in [5.41, 5.74) is 0. The van der Waals surface area contributed by atoms with E-state index >= 15 is 0 Å². The number of ether oxygens (including phenoxy) is 4. The Bertz CT molecular complexity index is 1240. The monoisotopic (exact) mass is 556 g/mol. The van der Waals surface area contributed by atoms with Crippen LogP contribution in [0, 0.1) is 11.8 Å². The number of benzene rings is 3. The van der Waals surface area contributed by atoms with E-state index in [2.05, 4.69) is 27.7 Å². The summed E-state index contributed by atoms with van der Waals surface area (Å²) in [6.07, 6.45) is 6.69. The third kappa shape index (κ3) is 8.50. The zero-order chi connectivity index (χ0) is 28.2. The van der Waals surface area contributed by atoms with E-state index in [0.29, 0.717) is 57.2 Å². The molecule has 0 fully saturated rings. The SMILES string of the molecule is CCCCC(CC)COC(=O)Oc1c2ccccc2c(OC(=O)OCC(CC)CCCC)c2cc(Cl)ccc12. The number of fused-ring (bicyclic) bond motifs is 2. The number of carbonyl (C=O) groups excluding carboxylic acids is 2. The van der Waals surface area contributed by atoms with Crippen LogP contribution in [0.2, 0.25) is 5.02 Å². The van der Waals surface area contributed by atoms with Gasteiger partial charge in [-0.05, 0) is 42.9 Å². The first kappa shape index (κ1) is 30.6. The summed E-state index contributed by atoms with van der Waals surface area (Å²) in [6.45, 7) is 9.09. The van der Waals surface area contributed by atoms with Gasteiger partial charge in [-0.2, -0.15) is 0 Å². The summed E-state index contributed by atoms with van der Waals surface area (Å²) >= 11 is 6.34. The van der Waals surface area contributed by atoms with Crippen LogP contribution in [0.25, 0.3) is 21.5 Å². The molecule has 39 heavy (non-hydrogen) atoms. The number of rotatable bonds is 14. The van der Waals surface area contributed by atoms with Gasteiger partial charge in [0.25, 0.3) is 0 Å². The van der Waals surface area contributed by atoms with Gasteiger partial charge in [0, 0.05) is 26.6 Å². The lowest BCUT2D eigenvalue weighted by molar-refractivity contribution is 0.0805. The van der Waals surface area contributed by atoms with Gasteiger partial charge in [-0.15, -0.1) is 0 Å². The van der Waals surface area contributed by atoms with Crippen molar-refractivity contribution in [1.82, 2.24) is 0 Å². The topological polar surface area (TPSA) is 71.1 Å². The average Bonchev–Trinajstić information content (AvgIpc) is 2.95. The molecule has 0 bridgehead atoms. The third-order valence-electron chi connectivity index (χ3n) is 7.22. The van der Waals surface area contributed by atoms with Crippen molar-refractivity contribution in [2.45, 2.75) is 79.1 Å². The molecule has 0 amide bonds. The molecule has 0 radical (unpaired) electrons. The van der Waals surface area contributed by atoms with Crippen LogP contribution in [0.5, 0.6) is 11.5 Å². The molecule has 0 N–H and O–H groups in total. The number of unbranched alkanes of at least 4 members (excludes halogenated alkanes) is 2. The highest BCUT2D eigenvalue weighted by molar-refractivity contribution is 6.31. The molecule has 0 aliphatic rings. The van der Waals surface area contributed by atoms with Crippen molar-refractivity contribution < 1.29 is 28.5 Å². The lowest BCUT2D eigenvalue weighted by Gasteiger charge is -2.18. The summed E-state index contributed by atoms with van der Waals surface area (Å²) in [7, 11) is 0. The second-order valence-electron chi connectivity index (χ2n) is 10.1. The van der Waals surface area contributed by atoms with Crippen molar-refractivity contribution in [3.05, 3.63) is 47.5 Å². The highest BCUT2D eigenvalue weighted by atomic mass is 35.5. The maximum absolute atomic E-state index is 12.8. The molecule has 0 aromatic heterocycles. The van der Waals surface area contributed by atoms with Gasteiger partial charge in [0.15, 0.2) is 5.75 Å². The molecule has 3 aromatic carbocycles. The van der Waals surface area contributed by atoms with E-state index in [0.717, 1.165) is 51.4 Å². The van der Waals surface area contributed by atoms with E-state index in [4.69, 9.17) is 30.5 Å². The van der Waals surface area contributed by atoms with Crippen LogP contribution in [-0.2, 0) is 9.47 Å².